The highest BCUT2D eigenvalue weighted by Gasteiger charge is 2.30. The highest BCUT2D eigenvalue weighted by molar-refractivity contribution is 6.04. The molecule has 1 N–H and O–H groups in total. The molecule has 2 amide bonds. The van der Waals surface area contributed by atoms with Crippen LogP contribution in [0.4, 0.5) is 15.8 Å². The number of nitrogens with zero attached hydrogens (tertiary/aromatic N) is 2. The van der Waals surface area contributed by atoms with Gasteiger partial charge in [-0.1, -0.05) is 33.8 Å². The summed E-state index contributed by atoms with van der Waals surface area (Å²) in [6.45, 7) is 10.3. The van der Waals surface area contributed by atoms with Crippen LogP contribution in [0.5, 0.6) is 0 Å². The largest absolute Gasteiger partial charge is 0.377 e. The predicted octanol–water partition coefficient (Wildman–Crippen LogP) is 5.32. The molecule has 2 aromatic carbocycles. The van der Waals surface area contributed by atoms with Gasteiger partial charge >= 0.3 is 0 Å². The Labute approximate surface area is 185 Å². The molecule has 5 nitrogen and oxygen atoms in total. The summed E-state index contributed by atoms with van der Waals surface area (Å²) in [5, 5.41) is 2.84. The first kappa shape index (κ1) is 24.4. The Balaban J connectivity index is 2.38. The summed E-state index contributed by atoms with van der Waals surface area (Å²) in [4.78, 5) is 29.6. The molecule has 0 spiro atoms. The Morgan fingerprint density at radius 3 is 2.32 bits per heavy atom. The lowest BCUT2D eigenvalue weighted by atomic mass is 9.93. The summed E-state index contributed by atoms with van der Waals surface area (Å²) in [6.07, 6.45) is 0.842. The van der Waals surface area contributed by atoms with Crippen molar-refractivity contribution in [1.82, 2.24) is 4.90 Å². The molecule has 0 fully saturated rings. The maximum Gasteiger partial charge on any atom is 0.255 e. The molecule has 0 saturated heterocycles. The Hall–Kier alpha value is -2.89. The van der Waals surface area contributed by atoms with Gasteiger partial charge in [0.15, 0.2) is 0 Å². The fourth-order valence-electron chi connectivity index (χ4n) is 3.32. The van der Waals surface area contributed by atoms with Crippen LogP contribution in [-0.4, -0.2) is 36.9 Å². The molecule has 31 heavy (non-hydrogen) atoms. The molecule has 2 aromatic rings. The number of halogens is 1. The van der Waals surface area contributed by atoms with Gasteiger partial charge in [0.1, 0.15) is 5.82 Å². The van der Waals surface area contributed by atoms with E-state index in [1.807, 2.05) is 62.9 Å². The third-order valence-electron chi connectivity index (χ3n) is 5.27. The minimum atomic E-state index is -0.495. The molecular formula is C25H34FN3O2. The van der Waals surface area contributed by atoms with Crippen molar-refractivity contribution in [2.45, 2.75) is 53.6 Å². The number of carbonyl (C=O) groups is 2. The topological polar surface area (TPSA) is 52.7 Å². The summed E-state index contributed by atoms with van der Waals surface area (Å²) in [5.74, 6) is -0.755. The summed E-state index contributed by atoms with van der Waals surface area (Å²) in [5.41, 5.74) is 2.26. The molecular weight excluding hydrogens is 393 g/mol. The molecule has 0 radical (unpaired) electrons. The van der Waals surface area contributed by atoms with Crippen LogP contribution < -0.4 is 10.2 Å². The molecule has 2 rings (SSSR count). The number of amides is 2. The number of benzene rings is 2. The van der Waals surface area contributed by atoms with E-state index in [-0.39, 0.29) is 23.4 Å². The zero-order chi connectivity index (χ0) is 23.3. The molecule has 0 heterocycles. The number of rotatable bonds is 7. The summed E-state index contributed by atoms with van der Waals surface area (Å²) >= 11 is 0. The average Bonchev–Trinajstić information content (AvgIpc) is 2.70. The quantitative estimate of drug-likeness (QED) is 0.651. The van der Waals surface area contributed by atoms with Crippen molar-refractivity contribution in [1.29, 1.82) is 0 Å². The molecule has 1 atom stereocenters. The van der Waals surface area contributed by atoms with E-state index in [0.29, 0.717) is 12.2 Å². The van der Waals surface area contributed by atoms with Crippen LogP contribution in [-0.2, 0) is 11.3 Å². The van der Waals surface area contributed by atoms with Crippen molar-refractivity contribution in [2.75, 3.05) is 24.3 Å². The number of hydrogen-bond donors (Lipinski definition) is 1. The van der Waals surface area contributed by atoms with Gasteiger partial charge in [-0.3, -0.25) is 9.59 Å². The van der Waals surface area contributed by atoms with E-state index in [1.165, 1.54) is 18.2 Å². The second-order valence-electron chi connectivity index (χ2n) is 9.14. The molecule has 0 aliphatic carbocycles. The van der Waals surface area contributed by atoms with Gasteiger partial charge in [0.25, 0.3) is 5.91 Å². The third kappa shape index (κ3) is 6.29. The summed E-state index contributed by atoms with van der Waals surface area (Å²) in [6, 6.07) is 11.3. The number of hydrogen-bond acceptors (Lipinski definition) is 3. The van der Waals surface area contributed by atoms with Crippen LogP contribution in [0.25, 0.3) is 0 Å². The van der Waals surface area contributed by atoms with Gasteiger partial charge in [0.2, 0.25) is 5.91 Å². The third-order valence-corrected chi connectivity index (χ3v) is 5.27. The first-order chi connectivity index (χ1) is 14.4. The van der Waals surface area contributed by atoms with Crippen molar-refractivity contribution < 1.29 is 14.0 Å². The normalized spacial score (nSPS) is 12.3. The van der Waals surface area contributed by atoms with Gasteiger partial charge in [0, 0.05) is 49.0 Å². The van der Waals surface area contributed by atoms with Crippen molar-refractivity contribution in [3.8, 4) is 0 Å². The molecule has 1 unspecified atom stereocenters. The molecule has 0 aliphatic rings. The van der Waals surface area contributed by atoms with E-state index in [4.69, 9.17) is 0 Å². The van der Waals surface area contributed by atoms with Crippen molar-refractivity contribution in [3.05, 3.63) is 59.4 Å². The van der Waals surface area contributed by atoms with E-state index in [9.17, 15) is 14.0 Å². The minimum absolute atomic E-state index is 0.0762. The van der Waals surface area contributed by atoms with Crippen LogP contribution >= 0.6 is 0 Å². The lowest BCUT2D eigenvalue weighted by Crippen LogP contribution is -2.44. The Morgan fingerprint density at radius 2 is 1.77 bits per heavy atom. The SMILES string of the molecule is CCC(C)N(Cc1cc(NC(=O)c2cccc(F)c2)ccc1N(C)C)C(=O)C(C)(C)C. The first-order valence-corrected chi connectivity index (χ1v) is 10.6. The minimum Gasteiger partial charge on any atom is -0.377 e. The van der Waals surface area contributed by atoms with Gasteiger partial charge in [-0.05, 0) is 55.3 Å². The first-order valence-electron chi connectivity index (χ1n) is 10.6. The molecule has 0 aliphatic heterocycles. The average molecular weight is 428 g/mol. The van der Waals surface area contributed by atoms with E-state index >= 15 is 0 Å². The summed E-state index contributed by atoms with van der Waals surface area (Å²) in [7, 11) is 3.89. The van der Waals surface area contributed by atoms with Gasteiger partial charge in [-0.2, -0.15) is 0 Å². The summed E-state index contributed by atoms with van der Waals surface area (Å²) < 4.78 is 13.5. The zero-order valence-electron chi connectivity index (χ0n) is 19.6. The van der Waals surface area contributed by atoms with Gasteiger partial charge in [-0.25, -0.2) is 4.39 Å². The molecule has 0 aromatic heterocycles. The molecule has 0 saturated carbocycles. The lowest BCUT2D eigenvalue weighted by Gasteiger charge is -2.35. The zero-order valence-corrected chi connectivity index (χ0v) is 19.6. The fraction of sp³-hybridized carbons (Fsp3) is 0.440. The van der Waals surface area contributed by atoms with E-state index < -0.39 is 11.2 Å². The number of anilines is 2. The van der Waals surface area contributed by atoms with Crippen molar-refractivity contribution >= 4 is 23.2 Å². The highest BCUT2D eigenvalue weighted by atomic mass is 19.1. The van der Waals surface area contributed by atoms with Crippen LogP contribution in [0.1, 0.15) is 57.0 Å². The van der Waals surface area contributed by atoms with Gasteiger partial charge in [0.05, 0.1) is 0 Å². The van der Waals surface area contributed by atoms with Gasteiger partial charge < -0.3 is 15.1 Å². The van der Waals surface area contributed by atoms with Crippen LogP contribution in [0, 0.1) is 11.2 Å². The van der Waals surface area contributed by atoms with Crippen molar-refractivity contribution in [2.24, 2.45) is 5.41 Å². The lowest BCUT2D eigenvalue weighted by molar-refractivity contribution is -0.142. The second-order valence-corrected chi connectivity index (χ2v) is 9.14. The predicted molar refractivity (Wildman–Crippen MR) is 125 cm³/mol. The van der Waals surface area contributed by atoms with Crippen molar-refractivity contribution in [3.63, 3.8) is 0 Å². The van der Waals surface area contributed by atoms with Gasteiger partial charge in [-0.15, -0.1) is 0 Å². The molecule has 0 bridgehead atoms. The smallest absolute Gasteiger partial charge is 0.255 e. The molecule has 168 valence electrons. The number of nitrogens with one attached hydrogen (secondary N) is 1. The Kier molecular flexibility index (Phi) is 7.82. The molecule has 6 heteroatoms. The standard InChI is InChI=1S/C25H34FN3O2/c1-8-17(2)29(24(31)25(3,4)5)16-19-15-21(12-13-22(19)28(6)7)27-23(30)18-10-9-11-20(26)14-18/h9-15,17H,8,16H2,1-7H3,(H,27,30). The maximum absolute atomic E-state index is 13.5. The van der Waals surface area contributed by atoms with Crippen LogP contribution in [0.3, 0.4) is 0 Å². The van der Waals surface area contributed by atoms with E-state index in [2.05, 4.69) is 19.2 Å². The van der Waals surface area contributed by atoms with Crippen LogP contribution in [0.15, 0.2) is 42.5 Å². The van der Waals surface area contributed by atoms with Crippen LogP contribution in [0.2, 0.25) is 0 Å². The Morgan fingerprint density at radius 1 is 1.10 bits per heavy atom. The monoisotopic (exact) mass is 427 g/mol. The van der Waals surface area contributed by atoms with E-state index in [1.54, 1.807) is 6.07 Å². The van der Waals surface area contributed by atoms with E-state index in [0.717, 1.165) is 17.7 Å². The Bertz CT molecular complexity index is 935. The highest BCUT2D eigenvalue weighted by Crippen LogP contribution is 2.28. The second kappa shape index (κ2) is 9.94. The fourth-order valence-corrected chi connectivity index (χ4v) is 3.32. The number of carbonyl (C=O) groups excluding carboxylic acids is 2. The maximum atomic E-state index is 13.5.